The van der Waals surface area contributed by atoms with Crippen molar-refractivity contribution < 1.29 is 4.52 Å². The van der Waals surface area contributed by atoms with Crippen molar-refractivity contribution in [3.8, 4) is 0 Å². The van der Waals surface area contributed by atoms with Gasteiger partial charge in [0.15, 0.2) is 5.82 Å². The summed E-state index contributed by atoms with van der Waals surface area (Å²) in [5, 5.41) is 3.95. The molecule has 0 bridgehead atoms. The van der Waals surface area contributed by atoms with Crippen molar-refractivity contribution in [2.24, 2.45) is 11.7 Å². The number of nitrogens with two attached hydrogens (primary N) is 1. The van der Waals surface area contributed by atoms with Gasteiger partial charge in [0.1, 0.15) is 0 Å². The highest BCUT2D eigenvalue weighted by molar-refractivity contribution is 5.85. The van der Waals surface area contributed by atoms with E-state index in [2.05, 4.69) is 22.0 Å². The summed E-state index contributed by atoms with van der Waals surface area (Å²) in [4.78, 5) is 6.78. The van der Waals surface area contributed by atoms with Gasteiger partial charge in [-0.15, -0.1) is 12.4 Å². The van der Waals surface area contributed by atoms with Crippen LogP contribution in [0.25, 0.3) is 0 Å². The lowest BCUT2D eigenvalue weighted by Gasteiger charge is -2.30. The van der Waals surface area contributed by atoms with E-state index in [-0.39, 0.29) is 12.4 Å². The van der Waals surface area contributed by atoms with Gasteiger partial charge in [-0.1, -0.05) is 18.5 Å². The Morgan fingerprint density at radius 1 is 1.47 bits per heavy atom. The fourth-order valence-electron chi connectivity index (χ4n) is 2.40. The second-order valence-corrected chi connectivity index (χ2v) is 5.89. The van der Waals surface area contributed by atoms with Crippen molar-refractivity contribution in [2.75, 3.05) is 13.1 Å². The fraction of sp³-hybridized carbons (Fsp3) is 0.846. The molecule has 2 heterocycles. The molecule has 19 heavy (non-hydrogen) atoms. The molecule has 1 aliphatic rings. The van der Waals surface area contributed by atoms with E-state index in [1.165, 1.54) is 19.3 Å². The molecule has 1 fully saturated rings. The number of aromatic nitrogens is 2. The van der Waals surface area contributed by atoms with E-state index in [9.17, 15) is 0 Å². The largest absolute Gasteiger partial charge is 0.338 e. The highest BCUT2D eigenvalue weighted by Crippen LogP contribution is 2.21. The highest BCUT2D eigenvalue weighted by atomic mass is 35.5. The maximum absolute atomic E-state index is 5.95. The predicted molar refractivity (Wildman–Crippen MR) is 77.1 cm³/mol. The van der Waals surface area contributed by atoms with E-state index in [0.29, 0.717) is 11.7 Å². The van der Waals surface area contributed by atoms with Crippen LogP contribution in [0.15, 0.2) is 4.52 Å². The van der Waals surface area contributed by atoms with E-state index in [1.807, 2.05) is 13.8 Å². The molecule has 1 unspecified atom stereocenters. The molecule has 0 aromatic carbocycles. The molecule has 5 nitrogen and oxygen atoms in total. The molecule has 1 aromatic heterocycles. The first-order valence-electron chi connectivity index (χ1n) is 6.83. The van der Waals surface area contributed by atoms with Crippen LogP contribution in [0.5, 0.6) is 0 Å². The van der Waals surface area contributed by atoms with Gasteiger partial charge >= 0.3 is 0 Å². The Labute approximate surface area is 121 Å². The predicted octanol–water partition coefficient (Wildman–Crippen LogP) is 2.31. The van der Waals surface area contributed by atoms with Crippen LogP contribution < -0.4 is 5.73 Å². The minimum Gasteiger partial charge on any atom is -0.338 e. The molecule has 2 N–H and O–H groups in total. The van der Waals surface area contributed by atoms with Crippen LogP contribution in [0.1, 0.15) is 51.7 Å². The van der Waals surface area contributed by atoms with E-state index >= 15 is 0 Å². The van der Waals surface area contributed by atoms with Crippen LogP contribution in [-0.2, 0) is 12.1 Å². The zero-order chi connectivity index (χ0) is 13.2. The summed E-state index contributed by atoms with van der Waals surface area (Å²) in [5.41, 5.74) is 5.42. The van der Waals surface area contributed by atoms with Crippen molar-refractivity contribution in [1.82, 2.24) is 15.0 Å². The second kappa shape index (κ2) is 6.68. The van der Waals surface area contributed by atoms with Gasteiger partial charge in [0.25, 0.3) is 0 Å². The van der Waals surface area contributed by atoms with Crippen LogP contribution in [0.3, 0.4) is 0 Å². The average Bonchev–Trinajstić information content (AvgIpc) is 2.77. The molecule has 1 saturated heterocycles. The number of likely N-dealkylation sites (tertiary alicyclic amines) is 1. The fourth-order valence-corrected chi connectivity index (χ4v) is 2.40. The van der Waals surface area contributed by atoms with Gasteiger partial charge in [-0.25, -0.2) is 0 Å². The Morgan fingerprint density at radius 2 is 2.21 bits per heavy atom. The normalized spacial score (nSPS) is 21.2. The molecule has 0 amide bonds. The van der Waals surface area contributed by atoms with E-state index in [0.717, 1.165) is 25.6 Å². The third kappa shape index (κ3) is 4.44. The minimum atomic E-state index is -0.532. The molecular formula is C13H25ClN4O. The molecule has 0 radical (unpaired) electrons. The molecule has 0 saturated carbocycles. The zero-order valence-electron chi connectivity index (χ0n) is 12.1. The smallest absolute Gasteiger partial charge is 0.240 e. The molecule has 110 valence electrons. The first-order chi connectivity index (χ1) is 8.49. The molecular weight excluding hydrogens is 264 g/mol. The van der Waals surface area contributed by atoms with E-state index in [1.54, 1.807) is 0 Å². The monoisotopic (exact) mass is 288 g/mol. The summed E-state index contributed by atoms with van der Waals surface area (Å²) < 4.78 is 5.28. The molecule has 0 spiro atoms. The van der Waals surface area contributed by atoms with Gasteiger partial charge in [-0.3, -0.25) is 4.90 Å². The maximum Gasteiger partial charge on any atom is 0.240 e. The van der Waals surface area contributed by atoms with E-state index in [4.69, 9.17) is 10.3 Å². The van der Waals surface area contributed by atoms with Crippen molar-refractivity contribution >= 4 is 12.4 Å². The minimum absolute atomic E-state index is 0. The summed E-state index contributed by atoms with van der Waals surface area (Å²) in [6.07, 6.45) is 3.86. The quantitative estimate of drug-likeness (QED) is 0.921. The summed E-state index contributed by atoms with van der Waals surface area (Å²) in [7, 11) is 0. The van der Waals surface area contributed by atoms with Crippen LogP contribution in [0, 0.1) is 5.92 Å². The number of halogens is 1. The average molecular weight is 289 g/mol. The summed E-state index contributed by atoms with van der Waals surface area (Å²) in [5.74, 6) is 2.08. The molecule has 1 atom stereocenters. The molecule has 1 aliphatic heterocycles. The van der Waals surface area contributed by atoms with E-state index < -0.39 is 5.54 Å². The van der Waals surface area contributed by atoms with Crippen LogP contribution in [0.4, 0.5) is 0 Å². The lowest BCUT2D eigenvalue weighted by atomic mass is 9.96. The molecule has 2 rings (SSSR count). The van der Waals surface area contributed by atoms with Crippen LogP contribution >= 0.6 is 12.4 Å². The Hall–Kier alpha value is -0.650. The standard InChI is InChI=1S/C13H24N4O.ClH/c1-4-10-6-5-7-17(8-10)9-11-15-12(16-18-11)13(2,3)14;/h10H,4-9,14H2,1-3H3;1H. The third-order valence-electron chi connectivity index (χ3n) is 3.58. The van der Waals surface area contributed by atoms with Gasteiger partial charge < -0.3 is 10.3 Å². The van der Waals surface area contributed by atoms with Crippen molar-refractivity contribution in [3.63, 3.8) is 0 Å². The zero-order valence-corrected chi connectivity index (χ0v) is 12.9. The lowest BCUT2D eigenvalue weighted by Crippen LogP contribution is -2.35. The highest BCUT2D eigenvalue weighted by Gasteiger charge is 2.24. The topological polar surface area (TPSA) is 68.2 Å². The molecule has 6 heteroatoms. The Bertz CT molecular complexity index is 388. The Kier molecular flexibility index (Phi) is 5.77. The first-order valence-corrected chi connectivity index (χ1v) is 6.83. The number of nitrogens with zero attached hydrogens (tertiary/aromatic N) is 3. The summed E-state index contributed by atoms with van der Waals surface area (Å²) in [6, 6.07) is 0. The molecule has 1 aromatic rings. The van der Waals surface area contributed by atoms with Gasteiger partial charge in [0.05, 0.1) is 12.1 Å². The first kappa shape index (κ1) is 16.4. The lowest BCUT2D eigenvalue weighted by molar-refractivity contribution is 0.147. The van der Waals surface area contributed by atoms with Crippen molar-refractivity contribution in [2.45, 2.75) is 52.1 Å². The second-order valence-electron chi connectivity index (χ2n) is 5.89. The number of hydrogen-bond donors (Lipinski definition) is 1. The SMILES string of the molecule is CCC1CCCN(Cc2nc(C(C)(C)N)no2)C1.Cl. The van der Waals surface area contributed by atoms with Crippen molar-refractivity contribution in [3.05, 3.63) is 11.7 Å². The van der Waals surface area contributed by atoms with Gasteiger partial charge in [0.2, 0.25) is 5.89 Å². The van der Waals surface area contributed by atoms with Crippen LogP contribution in [-0.4, -0.2) is 28.1 Å². The molecule has 0 aliphatic carbocycles. The number of hydrogen-bond acceptors (Lipinski definition) is 5. The van der Waals surface area contributed by atoms with Crippen molar-refractivity contribution in [1.29, 1.82) is 0 Å². The van der Waals surface area contributed by atoms with Crippen LogP contribution in [0.2, 0.25) is 0 Å². The van der Waals surface area contributed by atoms with Gasteiger partial charge in [0, 0.05) is 6.54 Å². The third-order valence-corrected chi connectivity index (χ3v) is 3.58. The summed E-state index contributed by atoms with van der Waals surface area (Å²) >= 11 is 0. The maximum atomic E-state index is 5.95. The number of rotatable bonds is 4. The Morgan fingerprint density at radius 3 is 2.79 bits per heavy atom. The van der Waals surface area contributed by atoms with Gasteiger partial charge in [-0.05, 0) is 39.2 Å². The summed E-state index contributed by atoms with van der Waals surface area (Å²) in [6.45, 7) is 9.04. The Balaban J connectivity index is 0.00000180. The number of piperidine rings is 1. The van der Waals surface area contributed by atoms with Gasteiger partial charge in [-0.2, -0.15) is 4.98 Å².